The van der Waals surface area contributed by atoms with Crippen LogP contribution in [0.1, 0.15) is 116 Å². The number of carbonyl (C=O) groups excluding carboxylic acids is 1. The second-order valence-electron chi connectivity index (χ2n) is 12.7. The van der Waals surface area contributed by atoms with Gasteiger partial charge in [0.05, 0.1) is 23.6 Å². The first-order valence-corrected chi connectivity index (χ1v) is 18.5. The molecule has 8 atom stereocenters. The second-order valence-corrected chi connectivity index (χ2v) is 13.2. The Bertz CT molecular complexity index is 817. The molecule has 0 N–H and O–H groups in total. The van der Waals surface area contributed by atoms with Gasteiger partial charge in [-0.15, -0.1) is 0 Å². The molecule has 0 aromatic rings. The normalized spacial score (nSPS) is 32.9. The number of ketones is 1. The zero-order valence-electron chi connectivity index (χ0n) is 26.5. The Morgan fingerprint density at radius 3 is 2.12 bits per heavy atom. The molecule has 0 aromatic carbocycles. The van der Waals surface area contributed by atoms with Gasteiger partial charge in [0.25, 0.3) is 0 Å². The Kier molecular flexibility index (Phi) is 16.8. The average molecular weight is 670 g/mol. The lowest BCUT2D eigenvalue weighted by atomic mass is 9.89. The largest absolute Gasteiger partial charge is 0.353 e. The summed E-state index contributed by atoms with van der Waals surface area (Å²) in [5.41, 5.74) is 0. The van der Waals surface area contributed by atoms with Gasteiger partial charge in [-0.05, 0) is 83.0 Å². The van der Waals surface area contributed by atoms with Crippen LogP contribution in [0.2, 0.25) is 0 Å². The molecule has 3 aliphatic heterocycles. The first-order chi connectivity index (χ1) is 21.2. The van der Waals surface area contributed by atoms with Crippen LogP contribution >= 0.6 is 15.9 Å². The molecular weight excluding hydrogens is 612 g/mol. The fourth-order valence-electron chi connectivity index (χ4n) is 6.74. The van der Waals surface area contributed by atoms with E-state index in [4.69, 9.17) is 28.4 Å². The van der Waals surface area contributed by atoms with Gasteiger partial charge in [0.1, 0.15) is 5.78 Å². The van der Waals surface area contributed by atoms with Gasteiger partial charge in [0.15, 0.2) is 18.9 Å². The third kappa shape index (κ3) is 12.6. The lowest BCUT2D eigenvalue weighted by Gasteiger charge is -2.30. The molecule has 4 rings (SSSR count). The summed E-state index contributed by atoms with van der Waals surface area (Å²) in [7, 11) is 0. The summed E-state index contributed by atoms with van der Waals surface area (Å²) in [6.45, 7) is 4.56. The summed E-state index contributed by atoms with van der Waals surface area (Å²) in [4.78, 5) is 11.8. The topological polar surface area (TPSA) is 72.5 Å². The van der Waals surface area contributed by atoms with Crippen LogP contribution in [0.3, 0.4) is 0 Å². The third-order valence-corrected chi connectivity index (χ3v) is 9.84. The number of carbonyl (C=O) groups is 1. The molecule has 4 fully saturated rings. The standard InChI is InChI=1S/C35H57BrO7/c1-2-3-5-15-28(41-33-17-8-11-22-38-33)20-21-30-29(16-7-4-6-14-27(37)26-36)31(42-34-18-9-12-23-39-34)25-32(30)43-35-19-10-13-24-40-35/h4,7,20-21,28-35H,2-3,5-6,8-19,22-26H2,1H3/t28-,29+,30+,31-,32+,33?,34?,35?/m0/s1. The zero-order chi connectivity index (χ0) is 30.1. The molecule has 4 aliphatic rings. The van der Waals surface area contributed by atoms with Crippen LogP contribution in [0.15, 0.2) is 24.3 Å². The van der Waals surface area contributed by atoms with Crippen molar-refractivity contribution in [1.29, 1.82) is 0 Å². The van der Waals surface area contributed by atoms with Gasteiger partial charge in [-0.3, -0.25) is 4.79 Å². The molecule has 3 heterocycles. The Morgan fingerprint density at radius 1 is 0.860 bits per heavy atom. The van der Waals surface area contributed by atoms with Gasteiger partial charge in [0.2, 0.25) is 0 Å². The number of ether oxygens (including phenoxy) is 6. The van der Waals surface area contributed by atoms with E-state index in [2.05, 4.69) is 47.2 Å². The van der Waals surface area contributed by atoms with Gasteiger partial charge in [-0.25, -0.2) is 0 Å². The molecule has 0 bridgehead atoms. The van der Waals surface area contributed by atoms with Gasteiger partial charge >= 0.3 is 0 Å². The second kappa shape index (κ2) is 20.5. The molecule has 1 aliphatic carbocycles. The average Bonchev–Trinajstić information content (AvgIpc) is 3.35. The summed E-state index contributed by atoms with van der Waals surface area (Å²) >= 11 is 3.28. The Morgan fingerprint density at radius 2 is 1.51 bits per heavy atom. The highest BCUT2D eigenvalue weighted by Gasteiger charge is 2.45. The minimum atomic E-state index is -0.155. The summed E-state index contributed by atoms with van der Waals surface area (Å²) in [5, 5.41) is 0.420. The molecule has 246 valence electrons. The lowest BCUT2D eigenvalue weighted by Crippen LogP contribution is -2.31. The summed E-state index contributed by atoms with van der Waals surface area (Å²) in [6, 6.07) is 0. The van der Waals surface area contributed by atoms with Crippen molar-refractivity contribution < 1.29 is 33.2 Å². The van der Waals surface area contributed by atoms with Crippen molar-refractivity contribution in [3.05, 3.63) is 24.3 Å². The van der Waals surface area contributed by atoms with Crippen molar-refractivity contribution in [1.82, 2.24) is 0 Å². The minimum Gasteiger partial charge on any atom is -0.353 e. The maximum absolute atomic E-state index is 11.8. The lowest BCUT2D eigenvalue weighted by molar-refractivity contribution is -0.203. The first-order valence-electron chi connectivity index (χ1n) is 17.4. The van der Waals surface area contributed by atoms with E-state index >= 15 is 0 Å². The monoisotopic (exact) mass is 668 g/mol. The van der Waals surface area contributed by atoms with Gasteiger partial charge in [-0.1, -0.05) is 66.4 Å². The molecule has 7 nitrogen and oxygen atoms in total. The summed E-state index contributed by atoms with van der Waals surface area (Å²) < 4.78 is 38.0. The van der Waals surface area contributed by atoms with Crippen LogP contribution in [0, 0.1) is 11.8 Å². The Balaban J connectivity index is 1.51. The van der Waals surface area contributed by atoms with Crippen LogP contribution in [-0.4, -0.2) is 68.1 Å². The van der Waals surface area contributed by atoms with Crippen LogP contribution in [-0.2, 0) is 33.2 Å². The number of halogens is 1. The predicted molar refractivity (Wildman–Crippen MR) is 172 cm³/mol. The fraction of sp³-hybridized carbons (Fsp3) is 0.857. The van der Waals surface area contributed by atoms with Crippen molar-refractivity contribution in [3.8, 4) is 0 Å². The molecule has 8 heteroatoms. The minimum absolute atomic E-state index is 0.00328. The van der Waals surface area contributed by atoms with E-state index in [0.29, 0.717) is 11.8 Å². The molecule has 3 saturated heterocycles. The smallest absolute Gasteiger partial charge is 0.158 e. The predicted octanol–water partition coefficient (Wildman–Crippen LogP) is 8.18. The van der Waals surface area contributed by atoms with E-state index in [1.54, 1.807) is 0 Å². The van der Waals surface area contributed by atoms with Crippen molar-refractivity contribution >= 4 is 21.7 Å². The molecule has 43 heavy (non-hydrogen) atoms. The van der Waals surface area contributed by atoms with Crippen LogP contribution in [0.5, 0.6) is 0 Å². The van der Waals surface area contributed by atoms with Gasteiger partial charge in [0, 0.05) is 38.6 Å². The molecule has 3 unspecified atom stereocenters. The molecule has 0 aromatic heterocycles. The highest BCUT2D eigenvalue weighted by Crippen LogP contribution is 2.42. The Labute approximate surface area is 268 Å². The van der Waals surface area contributed by atoms with Crippen molar-refractivity contribution in [2.75, 3.05) is 25.2 Å². The van der Waals surface area contributed by atoms with Crippen LogP contribution in [0.25, 0.3) is 0 Å². The van der Waals surface area contributed by atoms with Crippen molar-refractivity contribution in [2.24, 2.45) is 11.8 Å². The fourth-order valence-corrected chi connectivity index (χ4v) is 7.02. The van der Waals surface area contributed by atoms with E-state index in [-0.39, 0.29) is 54.8 Å². The number of hydrogen-bond acceptors (Lipinski definition) is 7. The van der Waals surface area contributed by atoms with Gasteiger partial charge < -0.3 is 28.4 Å². The Hall–Kier alpha value is -0.610. The highest BCUT2D eigenvalue weighted by molar-refractivity contribution is 9.09. The SMILES string of the molecule is CCCCC[C@@H](C=C[C@@H]1[C@@H](CC=CCCC(=O)CBr)[C@@H](OC2CCCCO2)C[C@H]1OC1CCCCO1)OC1CCCCO1. The molecule has 0 amide bonds. The molecule has 0 spiro atoms. The zero-order valence-corrected chi connectivity index (χ0v) is 28.1. The van der Waals surface area contributed by atoms with E-state index < -0.39 is 0 Å². The van der Waals surface area contributed by atoms with E-state index in [1.165, 1.54) is 12.8 Å². The quantitative estimate of drug-likeness (QED) is 0.0828. The van der Waals surface area contributed by atoms with Crippen LogP contribution < -0.4 is 0 Å². The van der Waals surface area contributed by atoms with Gasteiger partial charge in [-0.2, -0.15) is 0 Å². The van der Waals surface area contributed by atoms with Crippen LogP contribution in [0.4, 0.5) is 0 Å². The number of alkyl halides is 1. The molecule has 0 radical (unpaired) electrons. The van der Waals surface area contributed by atoms with Crippen molar-refractivity contribution in [2.45, 2.75) is 153 Å². The first kappa shape index (κ1) is 35.2. The van der Waals surface area contributed by atoms with E-state index in [1.807, 2.05) is 0 Å². The van der Waals surface area contributed by atoms with Crippen molar-refractivity contribution in [3.63, 3.8) is 0 Å². The number of allylic oxidation sites excluding steroid dienone is 2. The number of unbranched alkanes of at least 4 members (excludes halogenated alkanes) is 2. The third-order valence-electron chi connectivity index (χ3n) is 9.21. The summed E-state index contributed by atoms with van der Waals surface area (Å²) in [6.07, 6.45) is 25.9. The number of rotatable bonds is 18. The molecule has 1 saturated carbocycles. The number of Topliss-reactive ketones (excluding diaryl/α,β-unsaturated/α-hetero) is 1. The summed E-state index contributed by atoms with van der Waals surface area (Å²) in [5.74, 6) is 0.636. The maximum atomic E-state index is 11.8. The molecular formula is C35H57BrO7. The van der Waals surface area contributed by atoms with E-state index in [9.17, 15) is 4.79 Å². The maximum Gasteiger partial charge on any atom is 0.158 e. The number of hydrogen-bond donors (Lipinski definition) is 0. The highest BCUT2D eigenvalue weighted by atomic mass is 79.9. The van der Waals surface area contributed by atoms with E-state index in [0.717, 1.165) is 110 Å².